The van der Waals surface area contributed by atoms with Gasteiger partial charge in [-0.1, -0.05) is 13.3 Å². The predicted molar refractivity (Wildman–Crippen MR) is 103 cm³/mol. The van der Waals surface area contributed by atoms with Gasteiger partial charge in [0.05, 0.1) is 5.69 Å². The number of carbonyl (C=O) groups is 1. The van der Waals surface area contributed by atoms with Crippen LogP contribution in [0.15, 0.2) is 42.7 Å². The molecule has 0 aliphatic rings. The Hall–Kier alpha value is -3.22. The van der Waals surface area contributed by atoms with Crippen molar-refractivity contribution in [2.75, 3.05) is 5.32 Å². The van der Waals surface area contributed by atoms with Crippen LogP contribution in [-0.4, -0.2) is 25.7 Å². The normalized spacial score (nSPS) is 10.6. The minimum absolute atomic E-state index is 0.0239. The van der Waals surface area contributed by atoms with Gasteiger partial charge in [-0.3, -0.25) is 4.79 Å². The molecule has 1 N–H and O–H groups in total. The van der Waals surface area contributed by atoms with Gasteiger partial charge in [0.2, 0.25) is 11.8 Å². The molecular formula is C20H23N5O2. The van der Waals surface area contributed by atoms with Crippen LogP contribution < -0.4 is 10.1 Å². The van der Waals surface area contributed by atoms with E-state index in [0.29, 0.717) is 23.9 Å². The van der Waals surface area contributed by atoms with E-state index in [1.807, 2.05) is 32.0 Å². The summed E-state index contributed by atoms with van der Waals surface area (Å²) in [4.78, 5) is 20.2. The molecule has 140 valence electrons. The van der Waals surface area contributed by atoms with Crippen molar-refractivity contribution in [2.45, 2.75) is 40.0 Å². The smallest absolute Gasteiger partial charge is 0.224 e. The number of benzene rings is 1. The zero-order chi connectivity index (χ0) is 19.2. The Morgan fingerprint density at radius 1 is 1.15 bits per heavy atom. The fourth-order valence-electron chi connectivity index (χ4n) is 2.65. The van der Waals surface area contributed by atoms with E-state index >= 15 is 0 Å². The minimum Gasteiger partial charge on any atom is -0.439 e. The van der Waals surface area contributed by atoms with Crippen molar-refractivity contribution in [2.24, 2.45) is 0 Å². The molecule has 0 radical (unpaired) electrons. The van der Waals surface area contributed by atoms with Gasteiger partial charge in [0, 0.05) is 23.9 Å². The van der Waals surface area contributed by atoms with E-state index in [4.69, 9.17) is 4.74 Å². The number of carbonyl (C=O) groups excluding carboxylic acids is 1. The average Bonchev–Trinajstić information content (AvgIpc) is 3.00. The van der Waals surface area contributed by atoms with E-state index in [1.54, 1.807) is 22.9 Å². The number of aromatic nitrogens is 4. The number of anilines is 1. The van der Waals surface area contributed by atoms with Gasteiger partial charge in [-0.05, 0) is 50.6 Å². The first-order valence-corrected chi connectivity index (χ1v) is 8.98. The van der Waals surface area contributed by atoms with E-state index < -0.39 is 0 Å². The van der Waals surface area contributed by atoms with Gasteiger partial charge < -0.3 is 10.1 Å². The van der Waals surface area contributed by atoms with Crippen molar-refractivity contribution in [3.8, 4) is 17.4 Å². The molecule has 1 amide bonds. The van der Waals surface area contributed by atoms with Gasteiger partial charge in [0.25, 0.3) is 0 Å². The molecule has 1 aromatic carbocycles. The molecule has 0 saturated heterocycles. The van der Waals surface area contributed by atoms with Crippen LogP contribution in [0, 0.1) is 13.8 Å². The van der Waals surface area contributed by atoms with E-state index in [1.165, 1.54) is 6.33 Å². The summed E-state index contributed by atoms with van der Waals surface area (Å²) in [7, 11) is 0. The molecule has 0 unspecified atom stereocenters. The molecule has 0 atom stereocenters. The highest BCUT2D eigenvalue weighted by molar-refractivity contribution is 5.90. The van der Waals surface area contributed by atoms with Gasteiger partial charge in [-0.25, -0.2) is 14.6 Å². The lowest BCUT2D eigenvalue weighted by molar-refractivity contribution is -0.116. The van der Waals surface area contributed by atoms with E-state index in [9.17, 15) is 4.79 Å². The first-order chi connectivity index (χ1) is 13.0. The highest BCUT2D eigenvalue weighted by Crippen LogP contribution is 2.23. The standard InChI is InChI=1S/C20H23N5O2/c1-4-5-6-19(26)23-16-7-9-17(10-8-16)27-20-12-18(21-13-22-20)25-15(3)11-14(2)24-25/h7-13H,4-6H2,1-3H3,(H,23,26). The van der Waals surface area contributed by atoms with Crippen LogP contribution in [0.5, 0.6) is 11.6 Å². The van der Waals surface area contributed by atoms with E-state index in [-0.39, 0.29) is 5.91 Å². The number of nitrogens with one attached hydrogen (secondary N) is 1. The van der Waals surface area contributed by atoms with Crippen molar-refractivity contribution in [1.29, 1.82) is 0 Å². The van der Waals surface area contributed by atoms with Gasteiger partial charge in [-0.15, -0.1) is 0 Å². The maximum Gasteiger partial charge on any atom is 0.224 e. The van der Waals surface area contributed by atoms with Crippen molar-refractivity contribution >= 4 is 11.6 Å². The van der Waals surface area contributed by atoms with Gasteiger partial charge in [0.1, 0.15) is 12.1 Å². The lowest BCUT2D eigenvalue weighted by Gasteiger charge is -2.09. The number of nitrogens with zero attached hydrogens (tertiary/aromatic N) is 4. The lowest BCUT2D eigenvalue weighted by atomic mass is 10.2. The highest BCUT2D eigenvalue weighted by Gasteiger charge is 2.08. The van der Waals surface area contributed by atoms with Crippen molar-refractivity contribution in [1.82, 2.24) is 19.7 Å². The Labute approximate surface area is 158 Å². The van der Waals surface area contributed by atoms with Crippen LogP contribution in [0.25, 0.3) is 5.82 Å². The summed E-state index contributed by atoms with van der Waals surface area (Å²) in [6.45, 7) is 5.97. The number of rotatable bonds is 7. The van der Waals surface area contributed by atoms with Crippen LogP contribution in [0.3, 0.4) is 0 Å². The Kier molecular flexibility index (Phi) is 5.80. The topological polar surface area (TPSA) is 81.9 Å². The Morgan fingerprint density at radius 2 is 1.93 bits per heavy atom. The summed E-state index contributed by atoms with van der Waals surface area (Å²) in [5.41, 5.74) is 2.65. The maximum absolute atomic E-state index is 11.8. The van der Waals surface area contributed by atoms with Crippen LogP contribution >= 0.6 is 0 Å². The van der Waals surface area contributed by atoms with Crippen LogP contribution in [-0.2, 0) is 4.79 Å². The minimum atomic E-state index is 0.0239. The quantitative estimate of drug-likeness (QED) is 0.678. The molecule has 7 heteroatoms. The third-order valence-corrected chi connectivity index (χ3v) is 3.97. The number of aryl methyl sites for hydroxylation is 2. The second-order valence-electron chi connectivity index (χ2n) is 6.33. The number of ether oxygens (including phenoxy) is 1. The number of amides is 1. The predicted octanol–water partition coefficient (Wildman–Crippen LogP) is 4.20. The molecule has 27 heavy (non-hydrogen) atoms. The number of hydrogen-bond acceptors (Lipinski definition) is 5. The fourth-order valence-corrected chi connectivity index (χ4v) is 2.65. The van der Waals surface area contributed by atoms with E-state index in [2.05, 4.69) is 27.3 Å². The first kappa shape index (κ1) is 18.6. The maximum atomic E-state index is 11.8. The summed E-state index contributed by atoms with van der Waals surface area (Å²) >= 11 is 0. The second kappa shape index (κ2) is 8.44. The summed E-state index contributed by atoms with van der Waals surface area (Å²) < 4.78 is 7.56. The van der Waals surface area contributed by atoms with Crippen molar-refractivity contribution in [3.05, 3.63) is 54.1 Å². The van der Waals surface area contributed by atoms with Crippen LogP contribution in [0.1, 0.15) is 37.6 Å². The summed E-state index contributed by atoms with van der Waals surface area (Å²) in [6.07, 6.45) is 3.87. The summed E-state index contributed by atoms with van der Waals surface area (Å²) in [5.74, 6) is 1.72. The highest BCUT2D eigenvalue weighted by atomic mass is 16.5. The van der Waals surface area contributed by atoms with Gasteiger partial charge >= 0.3 is 0 Å². The molecule has 0 fully saturated rings. The molecule has 0 aliphatic heterocycles. The molecule has 2 aromatic heterocycles. The molecule has 0 bridgehead atoms. The Morgan fingerprint density at radius 3 is 2.59 bits per heavy atom. The van der Waals surface area contributed by atoms with Crippen LogP contribution in [0.4, 0.5) is 5.69 Å². The van der Waals surface area contributed by atoms with Gasteiger partial charge in [0.15, 0.2) is 5.82 Å². The Balaban J connectivity index is 1.68. The third kappa shape index (κ3) is 4.91. The van der Waals surface area contributed by atoms with E-state index in [0.717, 1.165) is 29.9 Å². The van der Waals surface area contributed by atoms with Crippen molar-refractivity contribution in [3.63, 3.8) is 0 Å². The molecular weight excluding hydrogens is 342 g/mol. The zero-order valence-corrected chi connectivity index (χ0v) is 15.8. The first-order valence-electron chi connectivity index (χ1n) is 8.98. The van der Waals surface area contributed by atoms with Crippen molar-refractivity contribution < 1.29 is 9.53 Å². The largest absolute Gasteiger partial charge is 0.439 e. The lowest BCUT2D eigenvalue weighted by Crippen LogP contribution is -2.10. The molecule has 0 saturated carbocycles. The van der Waals surface area contributed by atoms with Gasteiger partial charge in [-0.2, -0.15) is 5.10 Å². The zero-order valence-electron chi connectivity index (χ0n) is 15.8. The summed E-state index contributed by atoms with van der Waals surface area (Å²) in [5, 5.41) is 7.29. The second-order valence-corrected chi connectivity index (χ2v) is 6.33. The fraction of sp³-hybridized carbons (Fsp3) is 0.300. The molecule has 3 rings (SSSR count). The number of unbranched alkanes of at least 4 members (excludes halogenated alkanes) is 1. The third-order valence-electron chi connectivity index (χ3n) is 3.97. The van der Waals surface area contributed by atoms with Crippen LogP contribution in [0.2, 0.25) is 0 Å². The Bertz CT molecular complexity index is 918. The number of hydrogen-bond donors (Lipinski definition) is 1. The monoisotopic (exact) mass is 365 g/mol. The average molecular weight is 365 g/mol. The molecule has 0 spiro atoms. The molecule has 0 aliphatic carbocycles. The SMILES string of the molecule is CCCCC(=O)Nc1ccc(Oc2cc(-n3nc(C)cc3C)ncn2)cc1. The molecule has 2 heterocycles. The molecule has 7 nitrogen and oxygen atoms in total. The summed E-state index contributed by atoms with van der Waals surface area (Å²) in [6, 6.07) is 10.9. The molecule has 3 aromatic rings.